The third-order valence-electron chi connectivity index (χ3n) is 2.84. The lowest BCUT2D eigenvalue weighted by molar-refractivity contribution is -0.137. The molecular formula is C10H20N2O2. The zero-order valence-electron chi connectivity index (χ0n) is 9.07. The smallest absolute Gasteiger partial charge is 0.303 e. The minimum Gasteiger partial charge on any atom is -0.481 e. The van der Waals surface area contributed by atoms with Crippen molar-refractivity contribution in [1.29, 1.82) is 0 Å². The molecule has 0 bridgehead atoms. The maximum Gasteiger partial charge on any atom is 0.303 e. The molecule has 0 spiro atoms. The van der Waals surface area contributed by atoms with Crippen LogP contribution in [0.3, 0.4) is 0 Å². The topological polar surface area (TPSA) is 43.8 Å². The van der Waals surface area contributed by atoms with Gasteiger partial charge in [-0.15, -0.1) is 0 Å². The summed E-state index contributed by atoms with van der Waals surface area (Å²) in [5.74, 6) is -0.687. The first kappa shape index (κ1) is 11.5. The fourth-order valence-corrected chi connectivity index (χ4v) is 1.89. The van der Waals surface area contributed by atoms with Gasteiger partial charge in [-0.25, -0.2) is 0 Å². The van der Waals surface area contributed by atoms with Crippen molar-refractivity contribution in [2.75, 3.05) is 33.7 Å². The quantitative estimate of drug-likeness (QED) is 0.701. The van der Waals surface area contributed by atoms with Crippen LogP contribution in [0.1, 0.15) is 19.3 Å². The first-order valence-electron chi connectivity index (χ1n) is 5.20. The lowest BCUT2D eigenvalue weighted by Crippen LogP contribution is -2.31. The largest absolute Gasteiger partial charge is 0.481 e. The molecular weight excluding hydrogens is 180 g/mol. The molecule has 1 unspecified atom stereocenters. The summed E-state index contributed by atoms with van der Waals surface area (Å²) < 4.78 is 0. The van der Waals surface area contributed by atoms with Gasteiger partial charge < -0.3 is 14.9 Å². The van der Waals surface area contributed by atoms with Crippen molar-refractivity contribution in [2.24, 2.45) is 0 Å². The van der Waals surface area contributed by atoms with Crippen LogP contribution < -0.4 is 0 Å². The Labute approximate surface area is 85.5 Å². The van der Waals surface area contributed by atoms with Gasteiger partial charge in [-0.2, -0.15) is 0 Å². The van der Waals surface area contributed by atoms with Gasteiger partial charge in [0.1, 0.15) is 0 Å². The fraction of sp³-hybridized carbons (Fsp3) is 0.900. The van der Waals surface area contributed by atoms with E-state index in [0.717, 1.165) is 26.1 Å². The predicted molar refractivity (Wildman–Crippen MR) is 55.4 cm³/mol. The normalized spacial score (nSPS) is 23.2. The summed E-state index contributed by atoms with van der Waals surface area (Å²) >= 11 is 0. The molecule has 82 valence electrons. The van der Waals surface area contributed by atoms with E-state index in [2.05, 4.69) is 23.9 Å². The van der Waals surface area contributed by atoms with Crippen LogP contribution in [-0.2, 0) is 4.79 Å². The molecule has 1 atom stereocenters. The summed E-state index contributed by atoms with van der Waals surface area (Å²) in [6.07, 6.45) is 2.28. The number of hydrogen-bond donors (Lipinski definition) is 1. The number of likely N-dealkylation sites (N-methyl/N-ethyl adjacent to an activating group) is 1. The van der Waals surface area contributed by atoms with Gasteiger partial charge in [-0.1, -0.05) is 0 Å². The lowest BCUT2D eigenvalue weighted by Gasteiger charge is -2.20. The number of carbonyl (C=O) groups is 1. The molecule has 0 aromatic carbocycles. The molecule has 1 heterocycles. The monoisotopic (exact) mass is 200 g/mol. The number of hydrogen-bond acceptors (Lipinski definition) is 3. The maximum atomic E-state index is 10.3. The molecule has 1 N–H and O–H groups in total. The van der Waals surface area contributed by atoms with Gasteiger partial charge in [0.05, 0.1) is 0 Å². The number of aliphatic carboxylic acids is 1. The molecule has 0 radical (unpaired) electrons. The summed E-state index contributed by atoms with van der Waals surface area (Å²) in [6.45, 7) is 3.13. The minimum absolute atomic E-state index is 0.295. The highest BCUT2D eigenvalue weighted by atomic mass is 16.4. The molecule has 4 nitrogen and oxygen atoms in total. The van der Waals surface area contributed by atoms with E-state index in [-0.39, 0.29) is 0 Å². The van der Waals surface area contributed by atoms with Crippen molar-refractivity contribution in [3.63, 3.8) is 0 Å². The maximum absolute atomic E-state index is 10.3. The van der Waals surface area contributed by atoms with Crippen LogP contribution in [0.15, 0.2) is 0 Å². The van der Waals surface area contributed by atoms with Crippen molar-refractivity contribution in [3.05, 3.63) is 0 Å². The Kier molecular flexibility index (Phi) is 4.35. The zero-order valence-corrected chi connectivity index (χ0v) is 9.07. The number of likely N-dealkylation sites (tertiary alicyclic amines) is 1. The van der Waals surface area contributed by atoms with Crippen molar-refractivity contribution >= 4 is 5.97 Å². The van der Waals surface area contributed by atoms with Crippen molar-refractivity contribution < 1.29 is 9.90 Å². The second-order valence-corrected chi connectivity index (χ2v) is 4.20. The highest BCUT2D eigenvalue weighted by molar-refractivity contribution is 5.66. The van der Waals surface area contributed by atoms with E-state index >= 15 is 0 Å². The second kappa shape index (κ2) is 5.32. The van der Waals surface area contributed by atoms with E-state index in [9.17, 15) is 4.79 Å². The highest BCUT2D eigenvalue weighted by Crippen LogP contribution is 2.13. The number of carboxylic acid groups (broad SMARTS) is 1. The second-order valence-electron chi connectivity index (χ2n) is 4.20. The molecule has 1 aliphatic rings. The molecule has 14 heavy (non-hydrogen) atoms. The summed E-state index contributed by atoms with van der Waals surface area (Å²) in [6, 6.07) is 0.653. The van der Waals surface area contributed by atoms with Gasteiger partial charge in [-0.05, 0) is 40.0 Å². The van der Waals surface area contributed by atoms with Crippen LogP contribution >= 0.6 is 0 Å². The van der Waals surface area contributed by atoms with E-state index in [4.69, 9.17) is 5.11 Å². The average Bonchev–Trinajstić information content (AvgIpc) is 2.52. The lowest BCUT2D eigenvalue weighted by atomic mass is 10.2. The molecule has 1 aliphatic heterocycles. The van der Waals surface area contributed by atoms with Crippen LogP contribution in [0, 0.1) is 0 Å². The molecule has 0 aromatic heterocycles. The molecule has 0 amide bonds. The third-order valence-corrected chi connectivity index (χ3v) is 2.84. The van der Waals surface area contributed by atoms with E-state index in [1.807, 2.05) is 0 Å². The molecule has 1 saturated heterocycles. The SMILES string of the molecule is CN(C)C1CCN(CCCC(=O)O)C1. The fourth-order valence-electron chi connectivity index (χ4n) is 1.89. The van der Waals surface area contributed by atoms with Gasteiger partial charge in [0.25, 0.3) is 0 Å². The Balaban J connectivity index is 2.13. The molecule has 1 fully saturated rings. The van der Waals surface area contributed by atoms with Gasteiger partial charge >= 0.3 is 5.97 Å². The van der Waals surface area contributed by atoms with Gasteiger partial charge in [0.2, 0.25) is 0 Å². The summed E-state index contributed by atoms with van der Waals surface area (Å²) in [7, 11) is 4.21. The van der Waals surface area contributed by atoms with Gasteiger partial charge in [0.15, 0.2) is 0 Å². The number of nitrogens with zero attached hydrogens (tertiary/aromatic N) is 2. The number of rotatable bonds is 5. The standard InChI is InChI=1S/C10H20N2O2/c1-11(2)9-5-7-12(8-9)6-3-4-10(13)14/h9H,3-8H2,1-2H3,(H,13,14). The molecule has 4 heteroatoms. The molecule has 0 aromatic rings. The predicted octanol–water partition coefficient (Wildman–Crippen LogP) is 0.487. The summed E-state index contributed by atoms with van der Waals surface area (Å²) in [5.41, 5.74) is 0. The Morgan fingerprint density at radius 2 is 2.29 bits per heavy atom. The minimum atomic E-state index is -0.687. The van der Waals surface area contributed by atoms with Crippen molar-refractivity contribution in [2.45, 2.75) is 25.3 Å². The average molecular weight is 200 g/mol. The Bertz CT molecular complexity index is 195. The first-order chi connectivity index (χ1) is 6.59. The number of carboxylic acids is 1. The van der Waals surface area contributed by atoms with Crippen LogP contribution in [0.25, 0.3) is 0 Å². The Morgan fingerprint density at radius 1 is 1.57 bits per heavy atom. The van der Waals surface area contributed by atoms with Gasteiger partial charge in [-0.3, -0.25) is 4.79 Å². The summed E-state index contributed by atoms with van der Waals surface area (Å²) in [4.78, 5) is 14.9. The first-order valence-corrected chi connectivity index (χ1v) is 5.20. The highest BCUT2D eigenvalue weighted by Gasteiger charge is 2.23. The molecule has 0 saturated carbocycles. The van der Waals surface area contributed by atoms with E-state index in [0.29, 0.717) is 12.5 Å². The van der Waals surface area contributed by atoms with Crippen LogP contribution in [0.2, 0.25) is 0 Å². The Hall–Kier alpha value is -0.610. The van der Waals surface area contributed by atoms with E-state index < -0.39 is 5.97 Å². The van der Waals surface area contributed by atoms with Crippen LogP contribution in [0.5, 0.6) is 0 Å². The van der Waals surface area contributed by atoms with Crippen LogP contribution in [-0.4, -0.2) is 60.6 Å². The third kappa shape index (κ3) is 3.64. The summed E-state index contributed by atoms with van der Waals surface area (Å²) in [5, 5.41) is 8.50. The van der Waals surface area contributed by atoms with E-state index in [1.54, 1.807) is 0 Å². The zero-order chi connectivity index (χ0) is 10.6. The van der Waals surface area contributed by atoms with Gasteiger partial charge in [0, 0.05) is 19.0 Å². The van der Waals surface area contributed by atoms with E-state index in [1.165, 1.54) is 6.42 Å². The molecule has 1 rings (SSSR count). The molecule has 0 aliphatic carbocycles. The Morgan fingerprint density at radius 3 is 2.79 bits per heavy atom. The van der Waals surface area contributed by atoms with Crippen LogP contribution in [0.4, 0.5) is 0 Å². The van der Waals surface area contributed by atoms with Crippen molar-refractivity contribution in [1.82, 2.24) is 9.80 Å². The van der Waals surface area contributed by atoms with Crippen molar-refractivity contribution in [3.8, 4) is 0 Å².